The van der Waals surface area contributed by atoms with E-state index in [4.69, 9.17) is 5.73 Å². The second-order valence-electron chi connectivity index (χ2n) is 4.97. The smallest absolute Gasteiger partial charge is 0.240 e. The van der Waals surface area contributed by atoms with Gasteiger partial charge in [-0.3, -0.25) is 15.2 Å². The first-order valence-corrected chi connectivity index (χ1v) is 6.11. The molecule has 2 fully saturated rings. The fourth-order valence-electron chi connectivity index (χ4n) is 2.43. The zero-order valence-corrected chi connectivity index (χ0v) is 9.78. The van der Waals surface area contributed by atoms with Crippen molar-refractivity contribution >= 4 is 11.6 Å². The van der Waals surface area contributed by atoms with Crippen LogP contribution in [0.2, 0.25) is 0 Å². The third kappa shape index (κ3) is 1.78. The van der Waals surface area contributed by atoms with Crippen LogP contribution >= 0.6 is 0 Å². The lowest BCUT2D eigenvalue weighted by atomic mass is 9.96. The van der Waals surface area contributed by atoms with Crippen LogP contribution in [0.15, 0.2) is 24.3 Å². The molecule has 0 radical (unpaired) electrons. The van der Waals surface area contributed by atoms with Gasteiger partial charge in [0.25, 0.3) is 0 Å². The zero-order valence-electron chi connectivity index (χ0n) is 9.78. The van der Waals surface area contributed by atoms with Crippen LogP contribution in [0, 0.1) is 0 Å². The normalized spacial score (nSPS) is 21.5. The van der Waals surface area contributed by atoms with Crippen LogP contribution < -0.4 is 16.2 Å². The number of nitrogens with zero attached hydrogens (tertiary/aromatic N) is 1. The second-order valence-corrected chi connectivity index (χ2v) is 4.97. The van der Waals surface area contributed by atoms with Crippen molar-refractivity contribution in [1.29, 1.82) is 0 Å². The SMILES string of the molecule is NCC1(c2cccc(N3CCC(=O)N3)c2)CC1. The second kappa shape index (κ2) is 3.74. The van der Waals surface area contributed by atoms with E-state index in [0.717, 1.165) is 12.2 Å². The summed E-state index contributed by atoms with van der Waals surface area (Å²) < 4.78 is 0. The maximum Gasteiger partial charge on any atom is 0.240 e. The predicted molar refractivity (Wildman–Crippen MR) is 66.5 cm³/mol. The van der Waals surface area contributed by atoms with E-state index in [9.17, 15) is 4.79 Å². The highest BCUT2D eigenvalue weighted by Gasteiger charge is 2.43. The Morgan fingerprint density at radius 2 is 2.24 bits per heavy atom. The number of benzene rings is 1. The molecule has 0 aromatic heterocycles. The maximum atomic E-state index is 11.2. The molecular formula is C13H17N3O. The molecular weight excluding hydrogens is 214 g/mol. The number of nitrogens with two attached hydrogens (primary N) is 1. The molecule has 1 saturated carbocycles. The molecule has 0 unspecified atom stereocenters. The van der Waals surface area contributed by atoms with Crippen molar-refractivity contribution in [3.05, 3.63) is 29.8 Å². The molecule has 0 bridgehead atoms. The molecule has 1 aliphatic heterocycles. The van der Waals surface area contributed by atoms with Gasteiger partial charge in [0.2, 0.25) is 5.91 Å². The van der Waals surface area contributed by atoms with Crippen molar-refractivity contribution in [3.8, 4) is 0 Å². The van der Waals surface area contributed by atoms with E-state index in [1.165, 1.54) is 18.4 Å². The minimum atomic E-state index is 0.0929. The fourth-order valence-corrected chi connectivity index (χ4v) is 2.43. The van der Waals surface area contributed by atoms with E-state index in [1.54, 1.807) is 0 Å². The highest BCUT2D eigenvalue weighted by atomic mass is 16.2. The monoisotopic (exact) mass is 231 g/mol. The Balaban J connectivity index is 1.87. The number of rotatable bonds is 3. The minimum Gasteiger partial charge on any atom is -0.330 e. The van der Waals surface area contributed by atoms with Gasteiger partial charge in [-0.2, -0.15) is 0 Å². The molecule has 3 N–H and O–H groups in total. The highest BCUT2D eigenvalue weighted by Crippen LogP contribution is 2.47. The largest absolute Gasteiger partial charge is 0.330 e. The molecule has 1 heterocycles. The summed E-state index contributed by atoms with van der Waals surface area (Å²) in [5.74, 6) is 0.0929. The first kappa shape index (κ1) is 10.6. The Labute approximate surface area is 101 Å². The average Bonchev–Trinajstić information content (AvgIpc) is 3.06. The Kier molecular flexibility index (Phi) is 2.33. The lowest BCUT2D eigenvalue weighted by Crippen LogP contribution is -2.33. The molecule has 1 aliphatic carbocycles. The van der Waals surface area contributed by atoms with E-state index in [1.807, 2.05) is 17.1 Å². The molecule has 0 spiro atoms. The van der Waals surface area contributed by atoms with Crippen molar-refractivity contribution in [2.75, 3.05) is 18.1 Å². The number of anilines is 1. The quantitative estimate of drug-likeness (QED) is 0.813. The Bertz CT molecular complexity index is 454. The zero-order chi connectivity index (χ0) is 11.9. The lowest BCUT2D eigenvalue weighted by Gasteiger charge is -2.20. The maximum absolute atomic E-state index is 11.2. The van der Waals surface area contributed by atoms with Gasteiger partial charge in [-0.15, -0.1) is 0 Å². The Morgan fingerprint density at radius 3 is 2.82 bits per heavy atom. The van der Waals surface area contributed by atoms with Crippen molar-refractivity contribution in [1.82, 2.24) is 5.43 Å². The van der Waals surface area contributed by atoms with Crippen LogP contribution in [0.3, 0.4) is 0 Å². The molecule has 2 aliphatic rings. The molecule has 4 heteroatoms. The first-order valence-electron chi connectivity index (χ1n) is 6.11. The number of nitrogens with one attached hydrogen (secondary N) is 1. The van der Waals surface area contributed by atoms with Crippen LogP contribution in [-0.2, 0) is 10.2 Å². The summed E-state index contributed by atoms with van der Waals surface area (Å²) in [6, 6.07) is 8.37. The summed E-state index contributed by atoms with van der Waals surface area (Å²) in [5.41, 5.74) is 11.3. The van der Waals surface area contributed by atoms with Crippen molar-refractivity contribution in [3.63, 3.8) is 0 Å². The van der Waals surface area contributed by atoms with Gasteiger partial charge < -0.3 is 5.73 Å². The number of amides is 1. The molecule has 3 rings (SSSR count). The van der Waals surface area contributed by atoms with Gasteiger partial charge in [-0.05, 0) is 30.5 Å². The van der Waals surface area contributed by atoms with Crippen LogP contribution in [-0.4, -0.2) is 19.0 Å². The Hall–Kier alpha value is -1.55. The van der Waals surface area contributed by atoms with E-state index in [0.29, 0.717) is 13.0 Å². The molecule has 1 aromatic rings. The molecule has 17 heavy (non-hydrogen) atoms. The van der Waals surface area contributed by atoms with E-state index < -0.39 is 0 Å². The van der Waals surface area contributed by atoms with Crippen molar-refractivity contribution in [2.45, 2.75) is 24.7 Å². The lowest BCUT2D eigenvalue weighted by molar-refractivity contribution is -0.119. The predicted octanol–water partition coefficient (Wildman–Crippen LogP) is 0.918. The summed E-state index contributed by atoms with van der Waals surface area (Å²) in [6.07, 6.45) is 2.94. The molecule has 0 atom stereocenters. The molecule has 4 nitrogen and oxygen atoms in total. The van der Waals surface area contributed by atoms with Gasteiger partial charge in [-0.25, -0.2) is 0 Å². The summed E-state index contributed by atoms with van der Waals surface area (Å²) in [5, 5.41) is 1.92. The average molecular weight is 231 g/mol. The van der Waals surface area contributed by atoms with Gasteiger partial charge in [0.1, 0.15) is 0 Å². The number of carbonyl (C=O) groups is 1. The first-order chi connectivity index (χ1) is 8.23. The third-order valence-corrected chi connectivity index (χ3v) is 3.84. The summed E-state index contributed by atoms with van der Waals surface area (Å²) >= 11 is 0. The van der Waals surface area contributed by atoms with Gasteiger partial charge in [0.05, 0.1) is 5.69 Å². The number of hydrazine groups is 1. The van der Waals surface area contributed by atoms with Gasteiger partial charge >= 0.3 is 0 Å². The summed E-state index contributed by atoms with van der Waals surface area (Å²) in [4.78, 5) is 11.2. The molecule has 90 valence electrons. The standard InChI is InChI=1S/C13H17N3O/c14-9-13(5-6-13)10-2-1-3-11(8-10)16-7-4-12(17)15-16/h1-3,8H,4-7,9,14H2,(H,15,17). The van der Waals surface area contributed by atoms with Crippen LogP contribution in [0.5, 0.6) is 0 Å². The Morgan fingerprint density at radius 1 is 1.41 bits per heavy atom. The van der Waals surface area contributed by atoms with E-state index in [2.05, 4.69) is 17.6 Å². The number of carbonyl (C=O) groups excluding carboxylic acids is 1. The van der Waals surface area contributed by atoms with Gasteiger partial charge in [0.15, 0.2) is 0 Å². The molecule has 1 saturated heterocycles. The fraction of sp³-hybridized carbons (Fsp3) is 0.462. The van der Waals surface area contributed by atoms with Crippen LogP contribution in [0.4, 0.5) is 5.69 Å². The van der Waals surface area contributed by atoms with Crippen LogP contribution in [0.25, 0.3) is 0 Å². The molecule has 1 aromatic carbocycles. The highest BCUT2D eigenvalue weighted by molar-refractivity contribution is 5.81. The minimum absolute atomic E-state index is 0.0929. The van der Waals surface area contributed by atoms with Gasteiger partial charge in [0, 0.05) is 24.9 Å². The number of hydrogen-bond acceptors (Lipinski definition) is 3. The topological polar surface area (TPSA) is 58.4 Å². The molecule has 1 amide bonds. The van der Waals surface area contributed by atoms with Crippen LogP contribution in [0.1, 0.15) is 24.8 Å². The third-order valence-electron chi connectivity index (χ3n) is 3.84. The van der Waals surface area contributed by atoms with E-state index in [-0.39, 0.29) is 11.3 Å². The summed E-state index contributed by atoms with van der Waals surface area (Å²) in [7, 11) is 0. The number of hydrogen-bond donors (Lipinski definition) is 2. The summed E-state index contributed by atoms with van der Waals surface area (Å²) in [6.45, 7) is 1.46. The van der Waals surface area contributed by atoms with Crippen molar-refractivity contribution < 1.29 is 4.79 Å². The van der Waals surface area contributed by atoms with Gasteiger partial charge in [-0.1, -0.05) is 12.1 Å². The van der Waals surface area contributed by atoms with E-state index >= 15 is 0 Å². The van der Waals surface area contributed by atoms with Crippen molar-refractivity contribution in [2.24, 2.45) is 5.73 Å².